The average Bonchev–Trinajstić information content (AvgIpc) is 3.14. The van der Waals surface area contributed by atoms with Crippen LogP contribution in [0.5, 0.6) is 0 Å². The summed E-state index contributed by atoms with van der Waals surface area (Å²) in [6.45, 7) is 4.90. The van der Waals surface area contributed by atoms with E-state index in [9.17, 15) is 4.79 Å². The number of carbonyl (C=O) groups is 1. The van der Waals surface area contributed by atoms with E-state index in [0.29, 0.717) is 19.4 Å². The van der Waals surface area contributed by atoms with Crippen molar-refractivity contribution in [2.24, 2.45) is 0 Å². The molecule has 0 radical (unpaired) electrons. The van der Waals surface area contributed by atoms with Gasteiger partial charge in [0.2, 0.25) is 5.91 Å². The lowest BCUT2D eigenvalue weighted by molar-refractivity contribution is -0.116. The van der Waals surface area contributed by atoms with Crippen molar-refractivity contribution < 1.29 is 4.79 Å². The molecule has 0 saturated carbocycles. The molecule has 0 bridgehead atoms. The van der Waals surface area contributed by atoms with Crippen molar-refractivity contribution >= 4 is 39.0 Å². The number of benzene rings is 2. The maximum atomic E-state index is 12.3. The molecule has 158 valence electrons. The smallest absolute Gasteiger partial charge is 0.224 e. The van der Waals surface area contributed by atoms with Crippen molar-refractivity contribution in [1.29, 1.82) is 0 Å². The number of fused-ring (bicyclic) bond motifs is 1. The minimum absolute atomic E-state index is 0.0234. The van der Waals surface area contributed by atoms with Gasteiger partial charge in [-0.05, 0) is 43.0 Å². The largest absolute Gasteiger partial charge is 0.369 e. The van der Waals surface area contributed by atoms with E-state index in [1.54, 1.807) is 17.7 Å². The lowest BCUT2D eigenvalue weighted by Gasteiger charge is -2.09. The number of aryl methyl sites for hydroxylation is 2. The number of anilines is 2. The first-order chi connectivity index (χ1) is 15.2. The van der Waals surface area contributed by atoms with E-state index in [-0.39, 0.29) is 5.91 Å². The second-order valence-corrected chi connectivity index (χ2v) is 8.63. The van der Waals surface area contributed by atoms with Gasteiger partial charge in [0, 0.05) is 29.1 Å². The molecule has 0 atom stereocenters. The van der Waals surface area contributed by atoms with Crippen LogP contribution < -0.4 is 10.6 Å². The third-order valence-corrected chi connectivity index (χ3v) is 6.26. The van der Waals surface area contributed by atoms with Gasteiger partial charge in [0.25, 0.3) is 0 Å². The van der Waals surface area contributed by atoms with Crippen LogP contribution in [0.2, 0.25) is 0 Å². The Kier molecular flexibility index (Phi) is 6.57. The zero-order chi connectivity index (χ0) is 21.6. The summed E-state index contributed by atoms with van der Waals surface area (Å²) in [5.41, 5.74) is 4.44. The lowest BCUT2D eigenvalue weighted by Crippen LogP contribution is -2.13. The number of hydrogen-bond donors (Lipinski definition) is 2. The van der Waals surface area contributed by atoms with Crippen molar-refractivity contribution in [2.45, 2.75) is 33.1 Å². The molecule has 4 rings (SSSR count). The highest BCUT2D eigenvalue weighted by molar-refractivity contribution is 7.19. The van der Waals surface area contributed by atoms with Crippen LogP contribution in [0.15, 0.2) is 60.9 Å². The van der Waals surface area contributed by atoms with Gasteiger partial charge in [-0.3, -0.25) is 4.79 Å². The van der Waals surface area contributed by atoms with Gasteiger partial charge < -0.3 is 10.6 Å². The Morgan fingerprint density at radius 3 is 2.55 bits per heavy atom. The first-order valence-electron chi connectivity index (χ1n) is 10.6. The Morgan fingerprint density at radius 1 is 1.03 bits per heavy atom. The van der Waals surface area contributed by atoms with E-state index < -0.39 is 0 Å². The third-order valence-electron chi connectivity index (χ3n) is 5.25. The minimum Gasteiger partial charge on any atom is -0.369 e. The summed E-state index contributed by atoms with van der Waals surface area (Å²) in [6, 6.07) is 18.3. The van der Waals surface area contributed by atoms with E-state index in [1.807, 2.05) is 42.5 Å². The molecule has 2 N–H and O–H groups in total. The molecule has 6 heteroatoms. The van der Waals surface area contributed by atoms with E-state index >= 15 is 0 Å². The highest BCUT2D eigenvalue weighted by Crippen LogP contribution is 2.40. The van der Waals surface area contributed by atoms with Gasteiger partial charge in [0.15, 0.2) is 0 Å². The van der Waals surface area contributed by atoms with E-state index in [4.69, 9.17) is 0 Å². The number of amides is 1. The number of carbonyl (C=O) groups excluding carboxylic acids is 1. The summed E-state index contributed by atoms with van der Waals surface area (Å²) in [6.07, 6.45) is 3.76. The molecule has 2 aromatic heterocycles. The molecule has 2 heterocycles. The van der Waals surface area contributed by atoms with Crippen LogP contribution in [0.4, 0.5) is 11.5 Å². The first-order valence-corrected chi connectivity index (χ1v) is 11.4. The van der Waals surface area contributed by atoms with Crippen LogP contribution in [0.1, 0.15) is 30.2 Å². The van der Waals surface area contributed by atoms with Crippen molar-refractivity contribution in [2.75, 3.05) is 17.2 Å². The molecule has 0 spiro atoms. The number of aromatic nitrogens is 2. The highest BCUT2D eigenvalue weighted by atomic mass is 32.1. The molecule has 0 fully saturated rings. The summed E-state index contributed by atoms with van der Waals surface area (Å²) in [5, 5.41) is 7.44. The van der Waals surface area contributed by atoms with Crippen LogP contribution in [0.3, 0.4) is 0 Å². The fraction of sp³-hybridized carbons (Fsp3) is 0.240. The topological polar surface area (TPSA) is 66.9 Å². The van der Waals surface area contributed by atoms with Crippen molar-refractivity contribution in [1.82, 2.24) is 9.97 Å². The van der Waals surface area contributed by atoms with Crippen LogP contribution >= 0.6 is 11.3 Å². The Bertz CT molecular complexity index is 1170. The minimum atomic E-state index is 0.0234. The van der Waals surface area contributed by atoms with Gasteiger partial charge in [-0.1, -0.05) is 49.4 Å². The summed E-state index contributed by atoms with van der Waals surface area (Å²) in [4.78, 5) is 23.4. The van der Waals surface area contributed by atoms with Crippen LogP contribution in [0, 0.1) is 6.92 Å². The van der Waals surface area contributed by atoms with Crippen molar-refractivity contribution in [3.8, 4) is 11.1 Å². The molecule has 1 amide bonds. The average molecular weight is 431 g/mol. The van der Waals surface area contributed by atoms with Gasteiger partial charge in [-0.2, -0.15) is 0 Å². The summed E-state index contributed by atoms with van der Waals surface area (Å²) in [5.74, 6) is 0.846. The molecular weight excluding hydrogens is 404 g/mol. The summed E-state index contributed by atoms with van der Waals surface area (Å²) >= 11 is 1.68. The van der Waals surface area contributed by atoms with E-state index in [1.165, 1.54) is 16.0 Å². The maximum absolute atomic E-state index is 12.3. The Morgan fingerprint density at radius 2 is 1.81 bits per heavy atom. The summed E-state index contributed by atoms with van der Waals surface area (Å²) < 4.78 is 0. The fourth-order valence-electron chi connectivity index (χ4n) is 3.63. The maximum Gasteiger partial charge on any atom is 0.224 e. The van der Waals surface area contributed by atoms with Gasteiger partial charge >= 0.3 is 0 Å². The quantitative estimate of drug-likeness (QED) is 0.333. The normalized spacial score (nSPS) is 10.9. The van der Waals surface area contributed by atoms with Gasteiger partial charge in [0.1, 0.15) is 17.0 Å². The number of hydrogen-bond acceptors (Lipinski definition) is 5. The molecule has 0 aliphatic carbocycles. The Labute approximate surface area is 186 Å². The molecule has 31 heavy (non-hydrogen) atoms. The van der Waals surface area contributed by atoms with E-state index in [2.05, 4.69) is 46.6 Å². The van der Waals surface area contributed by atoms with Gasteiger partial charge in [-0.25, -0.2) is 9.97 Å². The molecule has 5 nitrogen and oxygen atoms in total. The number of thiophene rings is 1. The standard InChI is InChI=1S/C25H26N4OS/c1-3-18-11-13-20(14-12-18)29-21(30)10-7-15-26-24-23-22(19-8-5-4-6-9-19)17(2)31-25(23)28-16-27-24/h4-6,8-9,11-14,16H,3,7,10,15H2,1-2H3,(H,29,30)(H,26,27,28). The van der Waals surface area contributed by atoms with Gasteiger partial charge in [-0.15, -0.1) is 11.3 Å². The molecule has 0 aliphatic rings. The zero-order valence-corrected chi connectivity index (χ0v) is 18.6. The molecule has 4 aromatic rings. The number of rotatable bonds is 8. The second-order valence-electron chi connectivity index (χ2n) is 7.43. The molecule has 2 aromatic carbocycles. The summed E-state index contributed by atoms with van der Waals surface area (Å²) in [7, 11) is 0. The second kappa shape index (κ2) is 9.71. The zero-order valence-electron chi connectivity index (χ0n) is 17.8. The van der Waals surface area contributed by atoms with Crippen LogP contribution in [-0.2, 0) is 11.2 Å². The van der Waals surface area contributed by atoms with Crippen LogP contribution in [0.25, 0.3) is 21.3 Å². The molecule has 0 aliphatic heterocycles. The highest BCUT2D eigenvalue weighted by Gasteiger charge is 2.16. The van der Waals surface area contributed by atoms with Crippen molar-refractivity contribution in [3.05, 3.63) is 71.4 Å². The van der Waals surface area contributed by atoms with Gasteiger partial charge in [0.05, 0.1) is 5.39 Å². The predicted octanol–water partition coefficient (Wildman–Crippen LogP) is 6.06. The lowest BCUT2D eigenvalue weighted by atomic mass is 10.0. The Balaban J connectivity index is 1.39. The number of nitrogens with zero attached hydrogens (tertiary/aromatic N) is 2. The molecule has 0 unspecified atom stereocenters. The molecule has 0 saturated heterocycles. The predicted molar refractivity (Wildman–Crippen MR) is 130 cm³/mol. The SMILES string of the molecule is CCc1ccc(NC(=O)CCCNc2ncnc3sc(C)c(-c4ccccc4)c23)cc1. The van der Waals surface area contributed by atoms with Crippen LogP contribution in [-0.4, -0.2) is 22.4 Å². The Hall–Kier alpha value is -3.25. The van der Waals surface area contributed by atoms with Crippen molar-refractivity contribution in [3.63, 3.8) is 0 Å². The fourth-order valence-corrected chi connectivity index (χ4v) is 4.65. The third kappa shape index (κ3) is 4.91. The first kappa shape index (κ1) is 21.0. The monoisotopic (exact) mass is 430 g/mol. The number of nitrogens with one attached hydrogen (secondary N) is 2. The van der Waals surface area contributed by atoms with E-state index in [0.717, 1.165) is 33.7 Å². The molecular formula is C25H26N4OS.